The summed E-state index contributed by atoms with van der Waals surface area (Å²) >= 11 is 0. The van der Waals surface area contributed by atoms with Crippen molar-refractivity contribution >= 4 is 11.9 Å². The van der Waals surface area contributed by atoms with Crippen LogP contribution in [0.3, 0.4) is 0 Å². The Morgan fingerprint density at radius 1 is 0.793 bits per heavy atom. The molecule has 0 heterocycles. The fourth-order valence-corrected chi connectivity index (χ4v) is 4.46. The van der Waals surface area contributed by atoms with Crippen LogP contribution in [0.1, 0.15) is 129 Å². The fourth-order valence-electron chi connectivity index (χ4n) is 4.46. The summed E-state index contributed by atoms with van der Waals surface area (Å²) in [6.45, 7) is 4.44. The van der Waals surface area contributed by atoms with Crippen molar-refractivity contribution in [3.8, 4) is 0 Å². The minimum absolute atomic E-state index is 0.0174. The molecular weight excluding hydrogens is 364 g/mol. The Bertz CT molecular complexity index is 435. The lowest BCUT2D eigenvalue weighted by molar-refractivity contribution is -0.158. The van der Waals surface area contributed by atoms with Crippen LogP contribution in [0.5, 0.6) is 0 Å². The van der Waals surface area contributed by atoms with Crippen molar-refractivity contribution in [2.24, 2.45) is 11.8 Å². The van der Waals surface area contributed by atoms with E-state index in [1.165, 1.54) is 64.2 Å². The van der Waals surface area contributed by atoms with E-state index in [2.05, 4.69) is 13.8 Å². The van der Waals surface area contributed by atoms with E-state index in [1.54, 1.807) is 0 Å². The van der Waals surface area contributed by atoms with Gasteiger partial charge in [-0.2, -0.15) is 0 Å². The highest BCUT2D eigenvalue weighted by Crippen LogP contribution is 2.31. The number of carboxylic acids is 1. The van der Waals surface area contributed by atoms with Gasteiger partial charge in [0.05, 0.1) is 11.8 Å². The smallest absolute Gasteiger partial charge is 0.309 e. The first-order chi connectivity index (χ1) is 14.1. The quantitative estimate of drug-likeness (QED) is 0.202. The van der Waals surface area contributed by atoms with Crippen LogP contribution < -0.4 is 0 Å². The molecule has 1 rings (SSSR count). The normalized spacial score (nSPS) is 20.3. The Morgan fingerprint density at radius 2 is 1.28 bits per heavy atom. The summed E-state index contributed by atoms with van der Waals surface area (Å²) in [5, 5.41) is 9.26. The zero-order chi connectivity index (χ0) is 21.3. The Kier molecular flexibility index (Phi) is 15.0. The fraction of sp³-hybridized carbons (Fsp3) is 0.920. The van der Waals surface area contributed by atoms with Gasteiger partial charge in [0.25, 0.3) is 0 Å². The SMILES string of the molecule is CCCCCCCCCCCC(CCCCC)OC(=O)C1CCCC(C(=O)O)C1. The minimum atomic E-state index is -0.767. The first kappa shape index (κ1) is 26.0. The second-order valence-electron chi connectivity index (χ2n) is 9.07. The number of esters is 1. The van der Waals surface area contributed by atoms with Gasteiger partial charge in [-0.15, -0.1) is 0 Å². The Labute approximate surface area is 179 Å². The van der Waals surface area contributed by atoms with Crippen LogP contribution >= 0.6 is 0 Å². The zero-order valence-electron chi connectivity index (χ0n) is 19.1. The number of ether oxygens (including phenoxy) is 1. The summed E-state index contributed by atoms with van der Waals surface area (Å²) in [6.07, 6.45) is 19.8. The first-order valence-corrected chi connectivity index (χ1v) is 12.5. The highest BCUT2D eigenvalue weighted by Gasteiger charge is 2.32. The van der Waals surface area contributed by atoms with E-state index in [9.17, 15) is 14.7 Å². The molecule has 4 nitrogen and oxygen atoms in total. The lowest BCUT2D eigenvalue weighted by Gasteiger charge is -2.27. The summed E-state index contributed by atoms with van der Waals surface area (Å²) in [5.74, 6) is -1.51. The van der Waals surface area contributed by atoms with Gasteiger partial charge in [-0.05, 0) is 44.9 Å². The molecule has 1 N–H and O–H groups in total. The van der Waals surface area contributed by atoms with Crippen LogP contribution in [-0.2, 0) is 14.3 Å². The molecule has 1 saturated carbocycles. The molecule has 0 bridgehead atoms. The molecule has 1 fully saturated rings. The highest BCUT2D eigenvalue weighted by molar-refractivity contribution is 5.75. The molecule has 4 heteroatoms. The van der Waals surface area contributed by atoms with Crippen LogP contribution in [0.4, 0.5) is 0 Å². The molecule has 3 atom stereocenters. The molecule has 0 amide bonds. The molecule has 0 spiro atoms. The predicted molar refractivity (Wildman–Crippen MR) is 119 cm³/mol. The highest BCUT2D eigenvalue weighted by atomic mass is 16.5. The first-order valence-electron chi connectivity index (χ1n) is 12.5. The molecule has 3 unspecified atom stereocenters. The summed E-state index contributed by atoms with van der Waals surface area (Å²) in [4.78, 5) is 23.9. The number of hydrogen-bond acceptors (Lipinski definition) is 3. The summed E-state index contributed by atoms with van der Waals surface area (Å²) < 4.78 is 5.90. The minimum Gasteiger partial charge on any atom is -0.481 e. The second kappa shape index (κ2) is 16.7. The maximum absolute atomic E-state index is 12.7. The topological polar surface area (TPSA) is 63.6 Å². The van der Waals surface area contributed by atoms with E-state index in [0.29, 0.717) is 12.8 Å². The van der Waals surface area contributed by atoms with Crippen LogP contribution in [0.15, 0.2) is 0 Å². The summed E-state index contributed by atoms with van der Waals surface area (Å²) in [5.41, 5.74) is 0. The van der Waals surface area contributed by atoms with Crippen molar-refractivity contribution < 1.29 is 19.4 Å². The lowest BCUT2D eigenvalue weighted by atomic mass is 9.81. The average molecular weight is 411 g/mol. The van der Waals surface area contributed by atoms with Gasteiger partial charge >= 0.3 is 11.9 Å². The van der Waals surface area contributed by atoms with E-state index >= 15 is 0 Å². The van der Waals surface area contributed by atoms with Gasteiger partial charge in [-0.3, -0.25) is 9.59 Å². The molecular formula is C25H46O4. The van der Waals surface area contributed by atoms with Crippen molar-refractivity contribution in [1.82, 2.24) is 0 Å². The van der Waals surface area contributed by atoms with E-state index in [0.717, 1.165) is 38.5 Å². The molecule has 0 aromatic carbocycles. The standard InChI is InChI=1S/C25H46O4/c1-3-5-7-8-9-10-11-12-14-19-23(18-13-6-4-2)29-25(28)22-17-15-16-21(20-22)24(26)27/h21-23H,3-20H2,1-2H3,(H,26,27). The van der Waals surface area contributed by atoms with Gasteiger partial charge in [0, 0.05) is 0 Å². The predicted octanol–water partition coefficient (Wildman–Crippen LogP) is 7.29. The van der Waals surface area contributed by atoms with Crippen molar-refractivity contribution in [1.29, 1.82) is 0 Å². The number of carbonyl (C=O) groups is 2. The summed E-state index contributed by atoms with van der Waals surface area (Å²) in [6, 6.07) is 0. The van der Waals surface area contributed by atoms with Crippen LogP contribution in [0, 0.1) is 11.8 Å². The van der Waals surface area contributed by atoms with E-state index in [-0.39, 0.29) is 23.9 Å². The van der Waals surface area contributed by atoms with Gasteiger partial charge in [-0.25, -0.2) is 0 Å². The van der Waals surface area contributed by atoms with Crippen molar-refractivity contribution in [3.63, 3.8) is 0 Å². The number of aliphatic carboxylic acids is 1. The molecule has 170 valence electrons. The van der Waals surface area contributed by atoms with E-state index in [1.807, 2.05) is 0 Å². The second-order valence-corrected chi connectivity index (χ2v) is 9.07. The van der Waals surface area contributed by atoms with Gasteiger partial charge < -0.3 is 9.84 Å². The Balaban J connectivity index is 2.31. The van der Waals surface area contributed by atoms with Gasteiger partial charge in [-0.1, -0.05) is 84.5 Å². The van der Waals surface area contributed by atoms with E-state index < -0.39 is 5.97 Å². The van der Waals surface area contributed by atoms with Gasteiger partial charge in [0.15, 0.2) is 0 Å². The molecule has 0 radical (unpaired) electrons. The number of unbranched alkanes of at least 4 members (excludes halogenated alkanes) is 10. The lowest BCUT2D eigenvalue weighted by Crippen LogP contribution is -2.31. The Hall–Kier alpha value is -1.06. The number of carbonyl (C=O) groups excluding carboxylic acids is 1. The molecule has 0 saturated heterocycles. The third kappa shape index (κ3) is 12.3. The van der Waals surface area contributed by atoms with Crippen LogP contribution in [-0.4, -0.2) is 23.1 Å². The maximum atomic E-state index is 12.7. The van der Waals surface area contributed by atoms with Gasteiger partial charge in [0.1, 0.15) is 6.10 Å². The van der Waals surface area contributed by atoms with Crippen LogP contribution in [0.2, 0.25) is 0 Å². The molecule has 0 aromatic rings. The van der Waals surface area contributed by atoms with Gasteiger partial charge in [0.2, 0.25) is 0 Å². The monoisotopic (exact) mass is 410 g/mol. The number of carboxylic acid groups (broad SMARTS) is 1. The largest absolute Gasteiger partial charge is 0.481 e. The van der Waals surface area contributed by atoms with Crippen molar-refractivity contribution in [2.75, 3.05) is 0 Å². The molecule has 1 aliphatic rings. The Morgan fingerprint density at radius 3 is 1.86 bits per heavy atom. The van der Waals surface area contributed by atoms with Crippen molar-refractivity contribution in [2.45, 2.75) is 136 Å². The molecule has 0 aromatic heterocycles. The maximum Gasteiger partial charge on any atom is 0.309 e. The number of hydrogen-bond donors (Lipinski definition) is 1. The van der Waals surface area contributed by atoms with Crippen molar-refractivity contribution in [3.05, 3.63) is 0 Å². The third-order valence-electron chi connectivity index (χ3n) is 6.40. The zero-order valence-corrected chi connectivity index (χ0v) is 19.1. The molecule has 1 aliphatic carbocycles. The van der Waals surface area contributed by atoms with Crippen LogP contribution in [0.25, 0.3) is 0 Å². The molecule has 0 aliphatic heterocycles. The van der Waals surface area contributed by atoms with E-state index in [4.69, 9.17) is 4.74 Å². The average Bonchev–Trinajstić information content (AvgIpc) is 2.72. The summed E-state index contributed by atoms with van der Waals surface area (Å²) in [7, 11) is 0. The molecule has 29 heavy (non-hydrogen) atoms. The third-order valence-corrected chi connectivity index (χ3v) is 6.40. The number of rotatable bonds is 17.